The fourth-order valence-corrected chi connectivity index (χ4v) is 13.3. The number of hydrogen-bond donors (Lipinski definition) is 5. The summed E-state index contributed by atoms with van der Waals surface area (Å²) in [5.74, 6) is 21.4. The predicted octanol–water partition coefficient (Wildman–Crippen LogP) is 18.0. The zero-order chi connectivity index (χ0) is 104. The molecule has 35 nitrogen and oxygen atoms in total. The molecular formula is C110H118Cl3N15O20. The predicted molar refractivity (Wildman–Crippen MR) is 580 cm³/mol. The molecule has 0 spiro atoms. The van der Waals surface area contributed by atoms with E-state index in [1.165, 1.54) is 31.6 Å². The molecule has 0 saturated carbocycles. The number of fused-ring (bicyclic) bond motifs is 5. The van der Waals surface area contributed by atoms with E-state index in [1.54, 1.807) is 95.4 Å². The molecule has 774 valence electrons. The van der Waals surface area contributed by atoms with Crippen molar-refractivity contribution in [3.8, 4) is 119 Å². The van der Waals surface area contributed by atoms with Gasteiger partial charge in [0, 0.05) is 185 Å². The molecule has 0 radical (unpaired) electrons. The molecule has 0 aliphatic heterocycles. The van der Waals surface area contributed by atoms with Gasteiger partial charge in [-0.2, -0.15) is 0 Å². The van der Waals surface area contributed by atoms with Crippen molar-refractivity contribution in [2.45, 2.75) is 0 Å². The number of hydrogen-bond acceptors (Lipinski definition) is 35. The van der Waals surface area contributed by atoms with E-state index in [2.05, 4.69) is 101 Å². The first kappa shape index (κ1) is 117. The highest BCUT2D eigenvalue weighted by molar-refractivity contribution is 6.34. The third kappa shape index (κ3) is 37.7. The lowest BCUT2D eigenvalue weighted by Gasteiger charge is -2.15. The Morgan fingerprint density at radius 3 is 0.608 bits per heavy atom. The maximum atomic E-state index is 6.08. The van der Waals surface area contributed by atoms with Gasteiger partial charge in [0.2, 0.25) is 0 Å². The molecule has 148 heavy (non-hydrogen) atoms. The van der Waals surface area contributed by atoms with Crippen LogP contribution >= 0.6 is 36.4 Å². The van der Waals surface area contributed by atoms with Crippen LogP contribution in [-0.4, -0.2) is 253 Å². The van der Waals surface area contributed by atoms with E-state index in [1.807, 2.05) is 158 Å². The molecule has 10 aromatic carbocycles. The molecular weight excluding hydrogens is 1960 g/mol. The molecule has 0 aliphatic carbocycles. The van der Waals surface area contributed by atoms with Crippen molar-refractivity contribution >= 4 is 143 Å². The summed E-state index contributed by atoms with van der Waals surface area (Å²) in [6.07, 6.45) is 34.5. The zero-order valence-corrected chi connectivity index (χ0v) is 86.0. The Morgan fingerprint density at radius 2 is 0.412 bits per heavy atom. The minimum absolute atomic E-state index is 0. The third-order valence-electron chi connectivity index (χ3n) is 20.1. The Bertz CT molecular complexity index is 6240. The second-order valence-electron chi connectivity index (χ2n) is 30.2. The molecule has 6 N–H and O–H groups in total. The Morgan fingerprint density at radius 1 is 0.230 bits per heavy atom. The molecule has 0 fully saturated rings. The molecule has 0 aliphatic rings. The summed E-state index contributed by atoms with van der Waals surface area (Å²) in [6.45, 7) is 8.70. The molecule has 0 bridgehead atoms. The summed E-state index contributed by atoms with van der Waals surface area (Å²) in [6, 6.07) is 55.8. The Kier molecular flexibility index (Phi) is 52.6. The lowest BCUT2D eigenvalue weighted by atomic mass is 10.2. The van der Waals surface area contributed by atoms with Crippen LogP contribution in [0.5, 0.6) is 57.5 Å². The van der Waals surface area contributed by atoms with Gasteiger partial charge in [0.25, 0.3) is 0 Å². The number of aromatic nitrogens is 10. The maximum absolute atomic E-state index is 6.08. The van der Waals surface area contributed by atoms with E-state index in [0.717, 1.165) is 94.2 Å². The van der Waals surface area contributed by atoms with Gasteiger partial charge >= 0.3 is 0 Å². The summed E-state index contributed by atoms with van der Waals surface area (Å²) in [4.78, 5) is 43.2. The van der Waals surface area contributed by atoms with E-state index in [4.69, 9.17) is 144 Å². The minimum atomic E-state index is 0. The van der Waals surface area contributed by atoms with Gasteiger partial charge in [-0.15, -0.1) is 56.9 Å². The average molecular weight is 2080 g/mol. The SMILES string of the molecule is C#Cc1cccc(N)c1.C#Cc1cccc(Nc2ncnc3cc(OCCOC)c(OCCOC)cc23)c1.C#Cc1cccc(Nc2ncnc3cc(OCCOC)c(OCCOC)cc23)c1.C#Cc1cccc(Nc2ncnc3cc(OCCOC)c(OCCOC)cc23)c1.C#Cc1cccc(Nc2ncnc3cc(OCCOC)c(OCCOC)cc23)c1.COCCOc1cc2ncnc(Cl)c2cc1OCCOC.Cl.Cl. The van der Waals surface area contributed by atoms with Crippen LogP contribution in [0.1, 0.15) is 27.8 Å². The highest BCUT2D eigenvalue weighted by Gasteiger charge is 2.21. The number of nitrogen functional groups attached to an aromatic ring is 1. The molecule has 15 rings (SSSR count). The van der Waals surface area contributed by atoms with E-state index < -0.39 is 0 Å². The maximum Gasteiger partial charge on any atom is 0.163 e. The number of nitrogens with two attached hydrogens (primary N) is 1. The van der Waals surface area contributed by atoms with Crippen molar-refractivity contribution in [3.05, 3.63) is 247 Å². The summed E-state index contributed by atoms with van der Waals surface area (Å²) in [7, 11) is 16.2. The van der Waals surface area contributed by atoms with Crippen LogP contribution in [0.4, 0.5) is 51.7 Å². The summed E-state index contributed by atoms with van der Waals surface area (Å²) >= 11 is 6.08. The average Bonchev–Trinajstić information content (AvgIpc) is 0.808. The first-order chi connectivity index (χ1) is 71.6. The summed E-state index contributed by atoms with van der Waals surface area (Å²) < 4.78 is 108. The standard InChI is InChI=1S/4C22H23N3O4.C14H17ClN2O4.C8H7N.2ClH/c4*1-4-16-6-5-7-17(12-16)25-22-18-13-20(28-10-8-26-2)21(29-11-9-27-3)14-19(18)23-15-24-22;1-18-3-5-20-12-7-10-11(16-9-17-14(10)15)8-13(12)21-6-4-19-2;1-2-7-4-3-5-8(9)6-7;;/h4*1,5-7,12-15H,8-11H2,2-3H3,(H,23,24,25);7-9H,3-6H2,1-2H3;1,3-6H,9H2;2*1H. The number of benzene rings is 10. The van der Waals surface area contributed by atoms with Crippen molar-refractivity contribution in [2.24, 2.45) is 0 Å². The van der Waals surface area contributed by atoms with Gasteiger partial charge in [0.05, 0.1) is 93.7 Å². The van der Waals surface area contributed by atoms with Crippen LogP contribution in [-0.2, 0) is 47.4 Å². The van der Waals surface area contributed by atoms with Gasteiger partial charge in [-0.25, -0.2) is 49.8 Å². The van der Waals surface area contributed by atoms with Gasteiger partial charge in [-0.1, -0.05) is 71.5 Å². The normalized spacial score (nSPS) is 10.3. The topological polar surface area (TPSA) is 388 Å². The number of nitrogens with one attached hydrogen (secondary N) is 4. The zero-order valence-electron chi connectivity index (χ0n) is 83.6. The highest BCUT2D eigenvalue weighted by atomic mass is 35.5. The fourth-order valence-electron chi connectivity index (χ4n) is 13.1. The van der Waals surface area contributed by atoms with E-state index in [-0.39, 0.29) is 24.8 Å². The van der Waals surface area contributed by atoms with Crippen LogP contribution in [0.2, 0.25) is 5.15 Å². The molecule has 5 heterocycles. The molecule has 0 unspecified atom stereocenters. The molecule has 15 aromatic rings. The third-order valence-corrected chi connectivity index (χ3v) is 20.4. The molecule has 0 amide bonds. The molecule has 0 saturated heterocycles. The van der Waals surface area contributed by atoms with Crippen LogP contribution in [0.3, 0.4) is 0 Å². The molecule has 38 heteroatoms. The van der Waals surface area contributed by atoms with E-state index in [0.29, 0.717) is 235 Å². The smallest absolute Gasteiger partial charge is 0.163 e. The van der Waals surface area contributed by atoms with Crippen LogP contribution < -0.4 is 74.4 Å². The number of halogens is 3. The van der Waals surface area contributed by atoms with Crippen molar-refractivity contribution in [3.63, 3.8) is 0 Å². The number of methoxy groups -OCH3 is 10. The van der Waals surface area contributed by atoms with E-state index in [9.17, 15) is 0 Å². The van der Waals surface area contributed by atoms with Crippen LogP contribution in [0.15, 0.2) is 214 Å². The van der Waals surface area contributed by atoms with Crippen molar-refractivity contribution < 1.29 is 94.7 Å². The summed E-state index contributed by atoms with van der Waals surface area (Å²) in [5, 5.41) is 17.5. The first-order valence-corrected chi connectivity index (χ1v) is 45.9. The second kappa shape index (κ2) is 66.2. The monoisotopic (exact) mass is 2070 g/mol. The number of nitrogens with zero attached hydrogens (tertiary/aromatic N) is 10. The summed E-state index contributed by atoms with van der Waals surface area (Å²) in [5.41, 5.74) is 17.0. The van der Waals surface area contributed by atoms with Gasteiger partial charge in [-0.05, 0) is 121 Å². The van der Waals surface area contributed by atoms with E-state index >= 15 is 0 Å². The minimum Gasteiger partial charge on any atom is -0.487 e. The largest absolute Gasteiger partial charge is 0.487 e. The number of ether oxygens (including phenoxy) is 20. The van der Waals surface area contributed by atoms with Gasteiger partial charge < -0.3 is 122 Å². The second-order valence-corrected chi connectivity index (χ2v) is 30.6. The van der Waals surface area contributed by atoms with Crippen LogP contribution in [0, 0.1) is 61.7 Å². The first-order valence-electron chi connectivity index (χ1n) is 45.5. The van der Waals surface area contributed by atoms with Crippen molar-refractivity contribution in [1.29, 1.82) is 0 Å². The van der Waals surface area contributed by atoms with Gasteiger partial charge in [0.15, 0.2) is 57.5 Å². The fraction of sp³-hybridized carbons (Fsp3) is 0.273. The Hall–Kier alpha value is -15.8. The van der Waals surface area contributed by atoms with Gasteiger partial charge in [0.1, 0.15) is 126 Å². The molecule has 0 atom stereocenters. The van der Waals surface area contributed by atoms with Crippen LogP contribution in [0.25, 0.3) is 54.5 Å². The van der Waals surface area contributed by atoms with Crippen molar-refractivity contribution in [1.82, 2.24) is 49.8 Å². The quantitative estimate of drug-likeness (QED) is 0.0102. The number of rotatable bonds is 48. The lowest BCUT2D eigenvalue weighted by Crippen LogP contribution is -2.09. The Labute approximate surface area is 878 Å². The van der Waals surface area contributed by atoms with Gasteiger partial charge in [-0.3, -0.25) is 0 Å². The highest BCUT2D eigenvalue weighted by Crippen LogP contribution is 2.41. The molecule has 5 aromatic heterocycles. The number of anilines is 9. The Balaban J connectivity index is 0.000000220. The lowest BCUT2D eigenvalue weighted by molar-refractivity contribution is 0.132. The number of terminal acetylenes is 5. The van der Waals surface area contributed by atoms with Crippen molar-refractivity contribution in [2.75, 3.05) is 230 Å².